The maximum Gasteiger partial charge on any atom is 0.269 e. The van der Waals surface area contributed by atoms with Crippen molar-refractivity contribution in [2.45, 2.75) is 65.7 Å². The second-order valence-electron chi connectivity index (χ2n) is 11.2. The van der Waals surface area contributed by atoms with Crippen molar-refractivity contribution < 1.29 is 9.85 Å². The monoisotopic (exact) mass is 503 g/mol. The first-order valence-corrected chi connectivity index (χ1v) is 12.6. The lowest BCUT2D eigenvalue weighted by molar-refractivity contribution is -0.385. The van der Waals surface area contributed by atoms with Crippen LogP contribution in [0.3, 0.4) is 0 Å². The molecule has 0 fully saturated rings. The summed E-state index contributed by atoms with van der Waals surface area (Å²) >= 11 is 0. The molecule has 0 saturated heterocycles. The smallest absolute Gasteiger partial charge is 0.269 e. The van der Waals surface area contributed by atoms with E-state index in [2.05, 4.69) is 45.2 Å². The van der Waals surface area contributed by atoms with Gasteiger partial charge >= 0.3 is 0 Å². The van der Waals surface area contributed by atoms with E-state index in [1.165, 1.54) is 6.07 Å². The Labute approximate surface area is 219 Å². The number of benzene rings is 2. The van der Waals surface area contributed by atoms with Crippen LogP contribution < -0.4 is 4.90 Å². The van der Waals surface area contributed by atoms with Crippen molar-refractivity contribution in [3.05, 3.63) is 109 Å². The predicted molar refractivity (Wildman–Crippen MR) is 150 cm³/mol. The van der Waals surface area contributed by atoms with Gasteiger partial charge in [-0.3, -0.25) is 20.2 Å². The molecular weight excluding hydrogens is 466 g/mol. The van der Waals surface area contributed by atoms with Crippen LogP contribution in [-0.2, 0) is 10.8 Å². The second-order valence-corrected chi connectivity index (χ2v) is 11.2. The van der Waals surface area contributed by atoms with Gasteiger partial charge in [-0.2, -0.15) is 0 Å². The van der Waals surface area contributed by atoms with E-state index in [-0.39, 0.29) is 21.2 Å². The Kier molecular flexibility index (Phi) is 7.77. The van der Waals surface area contributed by atoms with Gasteiger partial charge in [0.25, 0.3) is 11.4 Å². The number of hydrogen-bond donors (Lipinski definition) is 0. The highest BCUT2D eigenvalue weighted by atomic mass is 16.6. The van der Waals surface area contributed by atoms with E-state index < -0.39 is 10.8 Å². The molecule has 0 bridgehead atoms. The summed E-state index contributed by atoms with van der Waals surface area (Å²) in [4.78, 5) is 24.3. The standard InChI is InChI=1S/C30H37N3O4/c1-20(2)16-17-31-27-15-14-24(33(36)37)19-26(27)30(7,8)28(31)11-9-10-22(4)29(5,6)25-18-23(32(34)35)13-12-21(25)3/h9-15,18-20H,4,16-17H2,1-3,5-8H3/b10-9+,28-11+. The highest BCUT2D eigenvalue weighted by molar-refractivity contribution is 5.72. The minimum Gasteiger partial charge on any atom is -0.344 e. The first kappa shape index (κ1) is 27.8. The number of allylic oxidation sites excluding steroid dienone is 5. The van der Waals surface area contributed by atoms with Crippen molar-refractivity contribution in [1.29, 1.82) is 0 Å². The number of non-ortho nitro benzene ring substituents is 2. The molecule has 0 aliphatic carbocycles. The molecule has 3 rings (SSSR count). The van der Waals surface area contributed by atoms with Gasteiger partial charge < -0.3 is 4.90 Å². The van der Waals surface area contributed by atoms with Gasteiger partial charge in [0.05, 0.1) is 9.85 Å². The van der Waals surface area contributed by atoms with Gasteiger partial charge in [-0.05, 0) is 53.7 Å². The van der Waals surface area contributed by atoms with Crippen LogP contribution in [0.25, 0.3) is 0 Å². The van der Waals surface area contributed by atoms with Gasteiger partial charge in [0.15, 0.2) is 0 Å². The summed E-state index contributed by atoms with van der Waals surface area (Å²) < 4.78 is 0. The maximum absolute atomic E-state index is 11.4. The van der Waals surface area contributed by atoms with E-state index in [0.29, 0.717) is 5.92 Å². The molecule has 2 aromatic carbocycles. The van der Waals surface area contributed by atoms with Gasteiger partial charge in [-0.15, -0.1) is 0 Å². The molecule has 7 nitrogen and oxygen atoms in total. The first-order chi connectivity index (χ1) is 17.2. The fourth-order valence-corrected chi connectivity index (χ4v) is 4.94. The number of rotatable bonds is 9. The van der Waals surface area contributed by atoms with Crippen LogP contribution in [0.2, 0.25) is 0 Å². The van der Waals surface area contributed by atoms with Crippen LogP contribution in [0.5, 0.6) is 0 Å². The number of fused-ring (bicyclic) bond motifs is 1. The van der Waals surface area contributed by atoms with Crippen molar-refractivity contribution in [2.75, 3.05) is 11.4 Å². The molecule has 0 atom stereocenters. The molecule has 0 spiro atoms. The number of nitro groups is 2. The van der Waals surface area contributed by atoms with Crippen molar-refractivity contribution in [2.24, 2.45) is 5.92 Å². The van der Waals surface area contributed by atoms with E-state index in [9.17, 15) is 20.2 Å². The molecule has 196 valence electrons. The van der Waals surface area contributed by atoms with Gasteiger partial charge in [0.2, 0.25) is 0 Å². The number of nitro benzene ring substituents is 2. The number of hydrogen-bond acceptors (Lipinski definition) is 5. The molecule has 37 heavy (non-hydrogen) atoms. The van der Waals surface area contributed by atoms with Crippen molar-refractivity contribution >= 4 is 17.1 Å². The molecule has 0 saturated carbocycles. The fraction of sp³-hybridized carbons (Fsp3) is 0.400. The second kappa shape index (κ2) is 10.3. The van der Waals surface area contributed by atoms with E-state index >= 15 is 0 Å². The van der Waals surface area contributed by atoms with E-state index in [0.717, 1.165) is 46.6 Å². The van der Waals surface area contributed by atoms with Gasteiger partial charge in [0.1, 0.15) is 0 Å². The molecule has 0 unspecified atom stereocenters. The quantitative estimate of drug-likeness (QED) is 0.197. The SMILES string of the molecule is C=C(/C=C/C=C1/N(CCC(C)C)c2ccc([N+](=O)[O-])cc2C1(C)C)C(C)(C)c1cc([N+](=O)[O-])ccc1C. The molecule has 0 radical (unpaired) electrons. The lowest BCUT2D eigenvalue weighted by Gasteiger charge is -2.28. The molecule has 0 aromatic heterocycles. The zero-order valence-electron chi connectivity index (χ0n) is 22.9. The van der Waals surface area contributed by atoms with Crippen LogP contribution in [0, 0.1) is 33.1 Å². The summed E-state index contributed by atoms with van der Waals surface area (Å²) in [5.74, 6) is 0.515. The number of aryl methyl sites for hydroxylation is 1. The van der Waals surface area contributed by atoms with Gasteiger partial charge in [-0.25, -0.2) is 0 Å². The van der Waals surface area contributed by atoms with E-state index in [1.807, 2.05) is 39.0 Å². The third kappa shape index (κ3) is 5.50. The minimum absolute atomic E-state index is 0.0629. The highest BCUT2D eigenvalue weighted by Crippen LogP contribution is 2.49. The van der Waals surface area contributed by atoms with Crippen molar-refractivity contribution in [1.82, 2.24) is 0 Å². The van der Waals surface area contributed by atoms with Crippen molar-refractivity contribution in [3.63, 3.8) is 0 Å². The molecule has 1 aliphatic heterocycles. The largest absolute Gasteiger partial charge is 0.344 e. The van der Waals surface area contributed by atoms with E-state index in [4.69, 9.17) is 0 Å². The Morgan fingerprint density at radius 2 is 1.68 bits per heavy atom. The molecule has 7 heteroatoms. The normalized spacial score (nSPS) is 16.0. The topological polar surface area (TPSA) is 89.5 Å². The van der Waals surface area contributed by atoms with E-state index in [1.54, 1.807) is 24.3 Å². The van der Waals surface area contributed by atoms with Crippen LogP contribution in [0.15, 0.2) is 72.5 Å². The van der Waals surface area contributed by atoms with Crippen LogP contribution in [0.4, 0.5) is 17.1 Å². The van der Waals surface area contributed by atoms with Gasteiger partial charge in [-0.1, -0.05) is 66.3 Å². The maximum atomic E-state index is 11.4. The average molecular weight is 504 g/mol. The Morgan fingerprint density at radius 1 is 1.08 bits per heavy atom. The first-order valence-electron chi connectivity index (χ1n) is 12.6. The Balaban J connectivity index is 1.98. The molecule has 0 N–H and O–H groups in total. The predicted octanol–water partition coefficient (Wildman–Crippen LogP) is 7.93. The fourth-order valence-electron chi connectivity index (χ4n) is 4.94. The minimum atomic E-state index is -0.517. The Bertz CT molecular complexity index is 1300. The zero-order valence-corrected chi connectivity index (χ0v) is 22.9. The molecule has 0 amide bonds. The molecule has 2 aromatic rings. The summed E-state index contributed by atoms with van der Waals surface area (Å²) in [6.45, 7) is 19.6. The Morgan fingerprint density at radius 3 is 2.27 bits per heavy atom. The Hall–Kier alpha value is -3.74. The van der Waals surface area contributed by atoms with Crippen LogP contribution >= 0.6 is 0 Å². The summed E-state index contributed by atoms with van der Waals surface area (Å²) in [7, 11) is 0. The summed E-state index contributed by atoms with van der Waals surface area (Å²) in [6, 6.07) is 10.0. The molecular formula is C30H37N3O4. The lowest BCUT2D eigenvalue weighted by Crippen LogP contribution is -2.27. The lowest BCUT2D eigenvalue weighted by atomic mass is 9.76. The summed E-state index contributed by atoms with van der Waals surface area (Å²) in [6.07, 6.45) is 6.97. The summed E-state index contributed by atoms with van der Waals surface area (Å²) in [5, 5.41) is 22.8. The van der Waals surface area contributed by atoms with Crippen LogP contribution in [0.1, 0.15) is 64.7 Å². The average Bonchev–Trinajstić information content (AvgIpc) is 3.03. The van der Waals surface area contributed by atoms with Gasteiger partial charge in [0, 0.05) is 53.0 Å². The zero-order chi connectivity index (χ0) is 27.7. The highest BCUT2D eigenvalue weighted by Gasteiger charge is 2.40. The third-order valence-electron chi connectivity index (χ3n) is 7.48. The molecule has 1 heterocycles. The third-order valence-corrected chi connectivity index (χ3v) is 7.48. The summed E-state index contributed by atoms with van der Waals surface area (Å²) in [5.41, 5.74) is 4.89. The number of anilines is 1. The van der Waals surface area contributed by atoms with Crippen molar-refractivity contribution in [3.8, 4) is 0 Å². The number of nitrogens with zero attached hydrogens (tertiary/aromatic N) is 3. The molecule has 1 aliphatic rings. The van der Waals surface area contributed by atoms with Crippen LogP contribution in [-0.4, -0.2) is 16.4 Å².